The van der Waals surface area contributed by atoms with Gasteiger partial charge in [0.15, 0.2) is 0 Å². The van der Waals surface area contributed by atoms with Crippen molar-refractivity contribution in [2.45, 2.75) is 18.3 Å². The Morgan fingerprint density at radius 3 is 2.94 bits per heavy atom. The molecule has 1 aromatic carbocycles. The van der Waals surface area contributed by atoms with E-state index in [0.29, 0.717) is 6.54 Å². The lowest BCUT2D eigenvalue weighted by Crippen LogP contribution is -2.22. The van der Waals surface area contributed by atoms with Crippen LogP contribution in [0.5, 0.6) is 0 Å². The largest absolute Gasteiger partial charge is 0.468 e. The first kappa shape index (κ1) is 12.1. The normalized spacial score (nSPS) is 12.6. The Bertz CT molecular complexity index is 550. The maximum Gasteiger partial charge on any atom is 0.321 e. The molecule has 0 fully saturated rings. The molecule has 5 heteroatoms. The molecule has 0 N–H and O–H groups in total. The predicted octanol–water partition coefficient (Wildman–Crippen LogP) is 2.28. The van der Waals surface area contributed by atoms with Crippen LogP contribution in [-0.4, -0.2) is 27.5 Å². The first-order chi connectivity index (χ1) is 8.13. The number of fused-ring (bicyclic) bond motifs is 1. The summed E-state index contributed by atoms with van der Waals surface area (Å²) in [7, 11) is 1.38. The van der Waals surface area contributed by atoms with Crippen LogP contribution in [0.25, 0.3) is 11.0 Å². The Kier molecular flexibility index (Phi) is 3.47. The Morgan fingerprint density at radius 1 is 1.53 bits per heavy atom. The summed E-state index contributed by atoms with van der Waals surface area (Å²) in [4.78, 5) is 15.5. The highest BCUT2D eigenvalue weighted by Gasteiger charge is 2.18. The SMILES string of the molecule is COC(=O)C(Br)Cn1c(C)nc2ccccc21. The molecule has 0 radical (unpaired) electrons. The van der Waals surface area contributed by atoms with Gasteiger partial charge in [0, 0.05) is 6.54 Å². The molecule has 1 atom stereocenters. The van der Waals surface area contributed by atoms with Crippen molar-refractivity contribution in [2.24, 2.45) is 0 Å². The van der Waals surface area contributed by atoms with E-state index in [9.17, 15) is 4.79 Å². The molecule has 1 heterocycles. The Morgan fingerprint density at radius 2 is 2.24 bits per heavy atom. The van der Waals surface area contributed by atoms with Gasteiger partial charge >= 0.3 is 5.97 Å². The molecule has 0 bridgehead atoms. The van der Waals surface area contributed by atoms with Crippen LogP contribution in [0.4, 0.5) is 0 Å². The van der Waals surface area contributed by atoms with Crippen LogP contribution in [0.3, 0.4) is 0 Å². The number of methoxy groups -OCH3 is 1. The molecule has 2 rings (SSSR count). The lowest BCUT2D eigenvalue weighted by atomic mass is 10.3. The molecule has 4 nitrogen and oxygen atoms in total. The summed E-state index contributed by atoms with van der Waals surface area (Å²) in [6.07, 6.45) is 0. The summed E-state index contributed by atoms with van der Waals surface area (Å²) in [5.41, 5.74) is 1.97. The minimum atomic E-state index is -0.358. The monoisotopic (exact) mass is 296 g/mol. The molecule has 0 aliphatic rings. The summed E-state index contributed by atoms with van der Waals surface area (Å²) < 4.78 is 6.70. The van der Waals surface area contributed by atoms with Crippen LogP contribution in [0.1, 0.15) is 5.82 Å². The molecule has 2 aromatic rings. The summed E-state index contributed by atoms with van der Waals surface area (Å²) in [6.45, 7) is 2.44. The van der Waals surface area contributed by atoms with Gasteiger partial charge in [0.05, 0.1) is 18.1 Å². The zero-order valence-electron chi connectivity index (χ0n) is 9.68. The van der Waals surface area contributed by atoms with Gasteiger partial charge in [-0.3, -0.25) is 4.79 Å². The van der Waals surface area contributed by atoms with Gasteiger partial charge in [0.1, 0.15) is 10.7 Å². The number of rotatable bonds is 3. The van der Waals surface area contributed by atoms with Crippen molar-refractivity contribution in [1.82, 2.24) is 9.55 Å². The average molecular weight is 297 g/mol. The number of halogens is 1. The number of alkyl halides is 1. The number of ether oxygens (including phenoxy) is 1. The standard InChI is InChI=1S/C12H13BrN2O2/c1-8-14-10-5-3-4-6-11(10)15(8)7-9(13)12(16)17-2/h3-6,9H,7H2,1-2H3. The quantitative estimate of drug-likeness (QED) is 0.645. The van der Waals surface area contributed by atoms with E-state index in [1.807, 2.05) is 35.8 Å². The summed E-state index contributed by atoms with van der Waals surface area (Å²) in [5.74, 6) is 0.613. The number of hydrogen-bond acceptors (Lipinski definition) is 3. The van der Waals surface area contributed by atoms with E-state index in [0.717, 1.165) is 16.9 Å². The topological polar surface area (TPSA) is 44.1 Å². The van der Waals surface area contributed by atoms with E-state index in [4.69, 9.17) is 4.74 Å². The molecular weight excluding hydrogens is 284 g/mol. The maximum atomic E-state index is 11.4. The molecule has 90 valence electrons. The van der Waals surface area contributed by atoms with Gasteiger partial charge in [-0.2, -0.15) is 0 Å². The van der Waals surface area contributed by atoms with Crippen LogP contribution in [0.15, 0.2) is 24.3 Å². The zero-order chi connectivity index (χ0) is 12.4. The van der Waals surface area contributed by atoms with E-state index in [-0.39, 0.29) is 10.8 Å². The van der Waals surface area contributed by atoms with Crippen LogP contribution in [0, 0.1) is 6.92 Å². The molecule has 1 aromatic heterocycles. The fourth-order valence-electron chi connectivity index (χ4n) is 1.79. The number of carbonyl (C=O) groups is 1. The minimum absolute atomic E-state index is 0.276. The highest BCUT2D eigenvalue weighted by atomic mass is 79.9. The van der Waals surface area contributed by atoms with E-state index in [1.165, 1.54) is 7.11 Å². The minimum Gasteiger partial charge on any atom is -0.468 e. The summed E-state index contributed by atoms with van der Waals surface area (Å²) >= 11 is 3.32. The molecule has 0 aliphatic heterocycles. The lowest BCUT2D eigenvalue weighted by Gasteiger charge is -2.10. The second kappa shape index (κ2) is 4.87. The number of para-hydroxylation sites is 2. The van der Waals surface area contributed by atoms with Gasteiger partial charge in [0.25, 0.3) is 0 Å². The fourth-order valence-corrected chi connectivity index (χ4v) is 2.27. The smallest absolute Gasteiger partial charge is 0.321 e. The van der Waals surface area contributed by atoms with E-state index >= 15 is 0 Å². The lowest BCUT2D eigenvalue weighted by molar-refractivity contribution is -0.140. The second-order valence-corrected chi connectivity index (χ2v) is 4.85. The van der Waals surface area contributed by atoms with Crippen LogP contribution < -0.4 is 0 Å². The third-order valence-electron chi connectivity index (χ3n) is 2.65. The highest BCUT2D eigenvalue weighted by molar-refractivity contribution is 9.10. The molecule has 0 aliphatic carbocycles. The number of aryl methyl sites for hydroxylation is 1. The van der Waals surface area contributed by atoms with Crippen molar-refractivity contribution in [1.29, 1.82) is 0 Å². The molecule has 0 amide bonds. The number of benzene rings is 1. The van der Waals surface area contributed by atoms with Crippen molar-refractivity contribution in [3.05, 3.63) is 30.1 Å². The number of esters is 1. The van der Waals surface area contributed by atoms with Crippen molar-refractivity contribution < 1.29 is 9.53 Å². The third-order valence-corrected chi connectivity index (χ3v) is 3.31. The maximum absolute atomic E-state index is 11.4. The molecule has 0 saturated heterocycles. The Hall–Kier alpha value is -1.36. The Labute approximate surface area is 108 Å². The Balaban J connectivity index is 2.35. The highest BCUT2D eigenvalue weighted by Crippen LogP contribution is 2.17. The van der Waals surface area contributed by atoms with Crippen molar-refractivity contribution >= 4 is 32.9 Å². The molecule has 0 saturated carbocycles. The van der Waals surface area contributed by atoms with Crippen molar-refractivity contribution in [3.8, 4) is 0 Å². The van der Waals surface area contributed by atoms with Gasteiger partial charge < -0.3 is 9.30 Å². The van der Waals surface area contributed by atoms with Gasteiger partial charge in [0.2, 0.25) is 0 Å². The second-order valence-electron chi connectivity index (χ2n) is 3.75. The van der Waals surface area contributed by atoms with Gasteiger partial charge in [-0.25, -0.2) is 4.98 Å². The van der Waals surface area contributed by atoms with Crippen LogP contribution >= 0.6 is 15.9 Å². The number of aromatic nitrogens is 2. The predicted molar refractivity (Wildman–Crippen MR) is 69.2 cm³/mol. The first-order valence-corrected chi connectivity index (χ1v) is 6.19. The fraction of sp³-hybridized carbons (Fsp3) is 0.333. The van der Waals surface area contributed by atoms with Crippen molar-refractivity contribution in [3.63, 3.8) is 0 Å². The summed E-state index contributed by atoms with van der Waals surface area (Å²) in [6, 6.07) is 7.86. The molecular formula is C12H13BrN2O2. The van der Waals surface area contributed by atoms with Gasteiger partial charge in [-0.05, 0) is 19.1 Å². The molecule has 1 unspecified atom stereocenters. The zero-order valence-corrected chi connectivity index (χ0v) is 11.3. The molecule has 0 spiro atoms. The van der Waals surface area contributed by atoms with Crippen LogP contribution in [0.2, 0.25) is 0 Å². The third kappa shape index (κ3) is 2.34. The van der Waals surface area contributed by atoms with E-state index in [2.05, 4.69) is 20.9 Å². The number of nitrogens with zero attached hydrogens (tertiary/aromatic N) is 2. The average Bonchev–Trinajstić information content (AvgIpc) is 2.65. The van der Waals surface area contributed by atoms with Gasteiger partial charge in [-0.1, -0.05) is 28.1 Å². The number of hydrogen-bond donors (Lipinski definition) is 0. The summed E-state index contributed by atoms with van der Waals surface area (Å²) in [5, 5.41) is 0. The van der Waals surface area contributed by atoms with Crippen molar-refractivity contribution in [2.75, 3.05) is 7.11 Å². The first-order valence-electron chi connectivity index (χ1n) is 5.27. The number of imidazole rings is 1. The van der Waals surface area contributed by atoms with E-state index in [1.54, 1.807) is 0 Å². The van der Waals surface area contributed by atoms with Gasteiger partial charge in [-0.15, -0.1) is 0 Å². The van der Waals surface area contributed by atoms with Crippen LogP contribution in [-0.2, 0) is 16.1 Å². The number of carbonyl (C=O) groups excluding carboxylic acids is 1. The van der Waals surface area contributed by atoms with E-state index < -0.39 is 0 Å². The molecule has 17 heavy (non-hydrogen) atoms.